The van der Waals surface area contributed by atoms with E-state index in [4.69, 9.17) is 10.3 Å². The lowest BCUT2D eigenvalue weighted by Gasteiger charge is -2.10. The van der Waals surface area contributed by atoms with Crippen molar-refractivity contribution in [3.63, 3.8) is 0 Å². The van der Waals surface area contributed by atoms with Gasteiger partial charge in [-0.25, -0.2) is 4.98 Å². The minimum absolute atomic E-state index is 0.135. The second-order valence-electron chi connectivity index (χ2n) is 6.09. The van der Waals surface area contributed by atoms with Crippen LogP contribution in [0.5, 0.6) is 0 Å². The molecule has 0 aliphatic carbocycles. The van der Waals surface area contributed by atoms with Crippen molar-refractivity contribution in [1.82, 2.24) is 10.1 Å². The Bertz CT molecular complexity index is 958. The van der Waals surface area contributed by atoms with Crippen molar-refractivity contribution in [2.45, 2.75) is 26.7 Å². The molecule has 128 valence electrons. The fourth-order valence-corrected chi connectivity index (χ4v) is 2.50. The summed E-state index contributed by atoms with van der Waals surface area (Å²) in [6.07, 6.45) is 0. The lowest BCUT2D eigenvalue weighted by Crippen LogP contribution is -2.14. The maximum Gasteiger partial charge on any atom is 0.259 e. The predicted octanol–water partition coefficient (Wildman–Crippen LogP) is 3.01. The maximum atomic E-state index is 12.8. The summed E-state index contributed by atoms with van der Waals surface area (Å²) in [4.78, 5) is 28.3. The van der Waals surface area contributed by atoms with Crippen LogP contribution in [0.2, 0.25) is 0 Å². The number of nitrogens with one attached hydrogen (secondary N) is 1. The van der Waals surface area contributed by atoms with Crippen molar-refractivity contribution in [2.24, 2.45) is 5.73 Å². The number of carbonyl (C=O) groups is 2. The molecular formula is C18H18N4O3. The summed E-state index contributed by atoms with van der Waals surface area (Å²) >= 11 is 0. The number of fused-ring (bicyclic) bond motifs is 1. The zero-order chi connectivity index (χ0) is 18.1. The zero-order valence-electron chi connectivity index (χ0n) is 14.2. The van der Waals surface area contributed by atoms with E-state index in [0.717, 1.165) is 5.69 Å². The van der Waals surface area contributed by atoms with E-state index in [1.54, 1.807) is 37.3 Å². The number of primary amides is 1. The van der Waals surface area contributed by atoms with Crippen LogP contribution in [0.1, 0.15) is 51.9 Å². The van der Waals surface area contributed by atoms with Crippen LogP contribution in [0.15, 0.2) is 34.9 Å². The van der Waals surface area contributed by atoms with Crippen LogP contribution in [0.4, 0.5) is 5.69 Å². The third-order valence-electron chi connectivity index (χ3n) is 3.90. The third kappa shape index (κ3) is 3.21. The van der Waals surface area contributed by atoms with E-state index in [-0.39, 0.29) is 11.8 Å². The molecule has 3 N–H and O–H groups in total. The molecule has 0 unspecified atom stereocenters. The second kappa shape index (κ2) is 6.35. The molecule has 3 aromatic rings. The van der Waals surface area contributed by atoms with Gasteiger partial charge in [0.25, 0.3) is 11.6 Å². The van der Waals surface area contributed by atoms with Crippen LogP contribution in [-0.2, 0) is 0 Å². The Morgan fingerprint density at radius 2 is 1.88 bits per heavy atom. The Morgan fingerprint density at radius 3 is 2.48 bits per heavy atom. The van der Waals surface area contributed by atoms with Crippen LogP contribution in [0.25, 0.3) is 11.1 Å². The van der Waals surface area contributed by atoms with Crippen molar-refractivity contribution in [1.29, 1.82) is 0 Å². The SMILES string of the molecule is Cc1noc2nc(C(C)C)cc(C(=O)Nc3ccc(C(N)=O)cc3)c12. The van der Waals surface area contributed by atoms with Crippen LogP contribution in [0.3, 0.4) is 0 Å². The van der Waals surface area contributed by atoms with E-state index >= 15 is 0 Å². The van der Waals surface area contributed by atoms with E-state index in [1.807, 2.05) is 13.8 Å². The number of aromatic nitrogens is 2. The van der Waals surface area contributed by atoms with E-state index in [2.05, 4.69) is 15.5 Å². The van der Waals surface area contributed by atoms with Crippen molar-refractivity contribution in [3.8, 4) is 0 Å². The number of rotatable bonds is 4. The van der Waals surface area contributed by atoms with Crippen LogP contribution in [-0.4, -0.2) is 22.0 Å². The van der Waals surface area contributed by atoms with Gasteiger partial charge in [-0.05, 0) is 43.2 Å². The number of anilines is 1. The van der Waals surface area contributed by atoms with Crippen molar-refractivity contribution in [2.75, 3.05) is 5.32 Å². The molecule has 0 bridgehead atoms. The first-order valence-corrected chi connectivity index (χ1v) is 7.85. The summed E-state index contributed by atoms with van der Waals surface area (Å²) in [5, 5.41) is 7.31. The van der Waals surface area contributed by atoms with Crippen LogP contribution in [0, 0.1) is 6.92 Å². The van der Waals surface area contributed by atoms with Gasteiger partial charge in [0.2, 0.25) is 5.91 Å². The Labute approximate surface area is 144 Å². The zero-order valence-corrected chi connectivity index (χ0v) is 14.2. The molecule has 7 heteroatoms. The molecule has 0 saturated heterocycles. The van der Waals surface area contributed by atoms with E-state index in [1.165, 1.54) is 0 Å². The monoisotopic (exact) mass is 338 g/mol. The average molecular weight is 338 g/mol. The number of aryl methyl sites for hydroxylation is 1. The topological polar surface area (TPSA) is 111 Å². The molecule has 3 rings (SSSR count). The van der Waals surface area contributed by atoms with Gasteiger partial charge in [-0.3, -0.25) is 9.59 Å². The number of benzene rings is 1. The Kier molecular flexibility index (Phi) is 4.22. The molecule has 0 aliphatic rings. The lowest BCUT2D eigenvalue weighted by molar-refractivity contribution is 0.0998. The minimum atomic E-state index is -0.518. The Hall–Kier alpha value is -3.22. The Balaban J connectivity index is 1.98. The van der Waals surface area contributed by atoms with Gasteiger partial charge in [0, 0.05) is 16.9 Å². The van der Waals surface area contributed by atoms with Crippen molar-refractivity contribution < 1.29 is 14.1 Å². The highest BCUT2D eigenvalue weighted by atomic mass is 16.5. The molecule has 0 fully saturated rings. The lowest BCUT2D eigenvalue weighted by atomic mass is 10.0. The van der Waals surface area contributed by atoms with Gasteiger partial charge in [0.15, 0.2) is 0 Å². The highest BCUT2D eigenvalue weighted by molar-refractivity contribution is 6.12. The first kappa shape index (κ1) is 16.6. The standard InChI is InChI=1S/C18H18N4O3/c1-9(2)14-8-13(15-10(3)22-25-18(15)21-14)17(24)20-12-6-4-11(5-7-12)16(19)23/h4-9H,1-3H3,(H2,19,23)(H,20,24). The highest BCUT2D eigenvalue weighted by Gasteiger charge is 2.20. The molecule has 0 aliphatic heterocycles. The number of hydrogen-bond acceptors (Lipinski definition) is 5. The quantitative estimate of drug-likeness (QED) is 0.759. The first-order valence-electron chi connectivity index (χ1n) is 7.85. The van der Waals surface area contributed by atoms with Gasteiger partial charge < -0.3 is 15.6 Å². The molecule has 25 heavy (non-hydrogen) atoms. The molecule has 7 nitrogen and oxygen atoms in total. The van der Waals surface area contributed by atoms with Gasteiger partial charge in [-0.1, -0.05) is 19.0 Å². The van der Waals surface area contributed by atoms with Crippen LogP contribution >= 0.6 is 0 Å². The third-order valence-corrected chi connectivity index (χ3v) is 3.90. The van der Waals surface area contributed by atoms with Crippen molar-refractivity contribution in [3.05, 3.63) is 52.8 Å². The second-order valence-corrected chi connectivity index (χ2v) is 6.09. The number of pyridine rings is 1. The van der Waals surface area contributed by atoms with Gasteiger partial charge in [-0.2, -0.15) is 0 Å². The first-order chi connectivity index (χ1) is 11.9. The van der Waals surface area contributed by atoms with Gasteiger partial charge in [0.05, 0.1) is 16.6 Å². The van der Waals surface area contributed by atoms with Crippen LogP contribution < -0.4 is 11.1 Å². The molecule has 0 spiro atoms. The molecule has 0 saturated carbocycles. The summed E-state index contributed by atoms with van der Waals surface area (Å²) in [5.74, 6) is -0.681. The van der Waals surface area contributed by atoms with Gasteiger partial charge >= 0.3 is 0 Å². The number of amides is 2. The smallest absolute Gasteiger partial charge is 0.259 e. The number of hydrogen-bond donors (Lipinski definition) is 2. The normalized spacial score (nSPS) is 11.0. The average Bonchev–Trinajstić information content (AvgIpc) is 2.95. The fraction of sp³-hybridized carbons (Fsp3) is 0.222. The van der Waals surface area contributed by atoms with E-state index in [0.29, 0.717) is 33.6 Å². The van der Waals surface area contributed by atoms with E-state index in [9.17, 15) is 9.59 Å². The van der Waals surface area contributed by atoms with Gasteiger partial charge in [0.1, 0.15) is 0 Å². The summed E-state index contributed by atoms with van der Waals surface area (Å²) in [6, 6.07) is 8.12. The molecule has 0 radical (unpaired) electrons. The largest absolute Gasteiger partial charge is 0.366 e. The number of carbonyl (C=O) groups excluding carboxylic acids is 2. The number of nitrogens with zero attached hydrogens (tertiary/aromatic N) is 2. The summed E-state index contributed by atoms with van der Waals surface area (Å²) < 4.78 is 5.23. The van der Waals surface area contributed by atoms with Gasteiger partial charge in [-0.15, -0.1) is 0 Å². The summed E-state index contributed by atoms with van der Waals surface area (Å²) in [5.41, 5.74) is 8.30. The molecule has 0 atom stereocenters. The fourth-order valence-electron chi connectivity index (χ4n) is 2.50. The summed E-state index contributed by atoms with van der Waals surface area (Å²) in [7, 11) is 0. The molecule has 1 aromatic carbocycles. The van der Waals surface area contributed by atoms with E-state index < -0.39 is 5.91 Å². The van der Waals surface area contributed by atoms with Crippen molar-refractivity contribution >= 4 is 28.6 Å². The maximum absolute atomic E-state index is 12.8. The summed E-state index contributed by atoms with van der Waals surface area (Å²) in [6.45, 7) is 5.74. The molecular weight excluding hydrogens is 320 g/mol. The highest BCUT2D eigenvalue weighted by Crippen LogP contribution is 2.26. The predicted molar refractivity (Wildman–Crippen MR) is 93.5 cm³/mol. The molecule has 2 heterocycles. The number of nitrogens with two attached hydrogens (primary N) is 1. The molecule has 2 aromatic heterocycles. The minimum Gasteiger partial charge on any atom is -0.366 e. The molecule has 2 amide bonds. The Morgan fingerprint density at radius 1 is 1.20 bits per heavy atom.